The maximum atomic E-state index is 10.7. The summed E-state index contributed by atoms with van der Waals surface area (Å²) in [6.07, 6.45) is 3.60. The fraction of sp³-hybridized carbons (Fsp3) is 0.179. The molecule has 166 valence electrons. The third-order valence-corrected chi connectivity index (χ3v) is 5.61. The number of hydrogen-bond donors (Lipinski definition) is 2. The van der Waals surface area contributed by atoms with E-state index in [2.05, 4.69) is 12.1 Å². The molecule has 1 aromatic heterocycles. The van der Waals surface area contributed by atoms with Crippen molar-refractivity contribution in [2.45, 2.75) is 34.6 Å². The van der Waals surface area contributed by atoms with Gasteiger partial charge in [0.2, 0.25) is 0 Å². The second kappa shape index (κ2) is 8.87. The SMILES string of the molecule is CC=Cc1cc(-c2nc(-c3ccc(C)cc3C)nc(-c3ccc(C)cc3C)n2)c(O)cc1O. The standard InChI is InChI=1S/C28H27N3O2/c1-6-7-20-14-23(25(33)15-24(20)32)28-30-26(21-10-8-16(2)12-18(21)4)29-27(31-28)22-11-9-17(3)13-19(22)5/h6-15,32-33H,1-5H3. The monoisotopic (exact) mass is 437 g/mol. The Balaban J connectivity index is 2.01. The molecule has 0 aliphatic carbocycles. The first-order valence-electron chi connectivity index (χ1n) is 10.9. The summed E-state index contributed by atoms with van der Waals surface area (Å²) in [5.41, 5.74) is 7.25. The predicted octanol–water partition coefficient (Wildman–Crippen LogP) is 6.55. The lowest BCUT2D eigenvalue weighted by Crippen LogP contribution is -2.02. The summed E-state index contributed by atoms with van der Waals surface area (Å²) in [6.45, 7) is 10.0. The largest absolute Gasteiger partial charge is 0.507 e. The van der Waals surface area contributed by atoms with Crippen molar-refractivity contribution in [2.24, 2.45) is 0 Å². The summed E-state index contributed by atoms with van der Waals surface area (Å²) in [5, 5.41) is 20.9. The molecule has 33 heavy (non-hydrogen) atoms. The maximum absolute atomic E-state index is 10.7. The van der Waals surface area contributed by atoms with Crippen molar-refractivity contribution >= 4 is 6.08 Å². The molecule has 4 aromatic rings. The Morgan fingerprint density at radius 2 is 1.09 bits per heavy atom. The van der Waals surface area contributed by atoms with Crippen molar-refractivity contribution in [3.63, 3.8) is 0 Å². The number of benzene rings is 3. The van der Waals surface area contributed by atoms with Gasteiger partial charge in [-0.2, -0.15) is 0 Å². The number of aromatic nitrogens is 3. The molecule has 0 saturated carbocycles. The zero-order valence-corrected chi connectivity index (χ0v) is 19.5. The summed E-state index contributed by atoms with van der Waals surface area (Å²) >= 11 is 0. The Hall–Kier alpha value is -3.99. The normalized spacial score (nSPS) is 11.3. The number of phenolic OH excluding ortho intramolecular Hbond substituents is 2. The molecule has 0 saturated heterocycles. The third-order valence-electron chi connectivity index (χ3n) is 5.61. The first-order valence-corrected chi connectivity index (χ1v) is 10.9. The van der Waals surface area contributed by atoms with Crippen molar-refractivity contribution in [2.75, 3.05) is 0 Å². The van der Waals surface area contributed by atoms with Crippen molar-refractivity contribution in [3.8, 4) is 45.7 Å². The van der Waals surface area contributed by atoms with Crippen molar-refractivity contribution in [1.82, 2.24) is 15.0 Å². The minimum absolute atomic E-state index is 0.00684. The van der Waals surface area contributed by atoms with Crippen molar-refractivity contribution in [3.05, 3.63) is 82.4 Å². The maximum Gasteiger partial charge on any atom is 0.167 e. The Bertz CT molecular complexity index is 1320. The van der Waals surface area contributed by atoms with E-state index < -0.39 is 0 Å². The fourth-order valence-corrected chi connectivity index (χ4v) is 3.95. The third kappa shape index (κ3) is 4.48. The molecule has 5 heteroatoms. The average molecular weight is 438 g/mol. The van der Waals surface area contributed by atoms with E-state index in [9.17, 15) is 10.2 Å². The lowest BCUT2D eigenvalue weighted by atomic mass is 10.0. The molecule has 0 atom stereocenters. The van der Waals surface area contributed by atoms with E-state index >= 15 is 0 Å². The predicted molar refractivity (Wildman–Crippen MR) is 133 cm³/mol. The van der Waals surface area contributed by atoms with E-state index in [1.165, 1.54) is 6.07 Å². The zero-order chi connectivity index (χ0) is 23.7. The van der Waals surface area contributed by atoms with E-state index in [0.717, 1.165) is 33.4 Å². The molecule has 0 spiro atoms. The van der Waals surface area contributed by atoms with Crippen LogP contribution < -0.4 is 0 Å². The number of phenols is 2. The molecule has 0 bridgehead atoms. The van der Waals surface area contributed by atoms with Crippen LogP contribution in [-0.4, -0.2) is 25.2 Å². The second-order valence-electron chi connectivity index (χ2n) is 8.37. The van der Waals surface area contributed by atoms with Gasteiger partial charge in [0, 0.05) is 22.8 Å². The van der Waals surface area contributed by atoms with Crippen molar-refractivity contribution < 1.29 is 10.2 Å². The Labute approximate surface area is 194 Å². The van der Waals surface area contributed by atoms with Crippen LogP contribution in [0.1, 0.15) is 34.7 Å². The average Bonchev–Trinajstić information content (AvgIpc) is 2.75. The summed E-state index contributed by atoms with van der Waals surface area (Å²) in [4.78, 5) is 14.3. The summed E-state index contributed by atoms with van der Waals surface area (Å²) in [6, 6.07) is 15.3. The minimum atomic E-state index is -0.0925. The number of allylic oxidation sites excluding steroid dienone is 1. The molecule has 3 aromatic carbocycles. The van der Waals surface area contributed by atoms with Gasteiger partial charge >= 0.3 is 0 Å². The molecular weight excluding hydrogens is 410 g/mol. The lowest BCUT2D eigenvalue weighted by Gasteiger charge is -2.13. The number of rotatable bonds is 4. The number of hydrogen-bond acceptors (Lipinski definition) is 5. The van der Waals surface area contributed by atoms with E-state index in [-0.39, 0.29) is 11.5 Å². The van der Waals surface area contributed by atoms with Gasteiger partial charge in [-0.1, -0.05) is 59.7 Å². The van der Waals surface area contributed by atoms with Crippen LogP contribution in [0.15, 0.2) is 54.6 Å². The second-order valence-corrected chi connectivity index (χ2v) is 8.37. The van der Waals surface area contributed by atoms with Crippen LogP contribution in [0.4, 0.5) is 0 Å². The molecular formula is C28H27N3O2. The first-order chi connectivity index (χ1) is 15.8. The molecule has 0 aliphatic rings. The summed E-state index contributed by atoms with van der Waals surface area (Å²) < 4.78 is 0. The molecule has 2 N–H and O–H groups in total. The van der Waals surface area contributed by atoms with E-state index in [0.29, 0.717) is 28.6 Å². The van der Waals surface area contributed by atoms with Crippen LogP contribution >= 0.6 is 0 Å². The van der Waals surface area contributed by atoms with Crippen LogP contribution in [0.25, 0.3) is 40.2 Å². The zero-order valence-electron chi connectivity index (χ0n) is 19.5. The topological polar surface area (TPSA) is 79.1 Å². The number of aromatic hydroxyl groups is 2. The van der Waals surface area contributed by atoms with Gasteiger partial charge in [-0.05, 0) is 51.8 Å². The molecule has 4 rings (SSSR count). The highest BCUT2D eigenvalue weighted by atomic mass is 16.3. The highest BCUT2D eigenvalue weighted by Gasteiger charge is 2.18. The van der Waals surface area contributed by atoms with Gasteiger partial charge in [0.25, 0.3) is 0 Å². The highest BCUT2D eigenvalue weighted by molar-refractivity contribution is 5.75. The lowest BCUT2D eigenvalue weighted by molar-refractivity contribution is 0.451. The van der Waals surface area contributed by atoms with E-state index in [1.54, 1.807) is 12.1 Å². The first kappa shape index (κ1) is 22.2. The van der Waals surface area contributed by atoms with Gasteiger partial charge in [0.05, 0.1) is 5.56 Å². The van der Waals surface area contributed by atoms with Gasteiger partial charge in [0.1, 0.15) is 11.5 Å². The molecule has 0 unspecified atom stereocenters. The van der Waals surface area contributed by atoms with Crippen LogP contribution in [0.2, 0.25) is 0 Å². The Kier molecular flexibility index (Phi) is 5.97. The van der Waals surface area contributed by atoms with Crippen molar-refractivity contribution in [1.29, 1.82) is 0 Å². The summed E-state index contributed by atoms with van der Waals surface area (Å²) in [7, 11) is 0. The minimum Gasteiger partial charge on any atom is -0.507 e. The van der Waals surface area contributed by atoms with Gasteiger partial charge in [-0.25, -0.2) is 15.0 Å². The number of aryl methyl sites for hydroxylation is 4. The van der Waals surface area contributed by atoms with Crippen LogP contribution in [-0.2, 0) is 0 Å². The van der Waals surface area contributed by atoms with Gasteiger partial charge in [-0.15, -0.1) is 0 Å². The molecule has 0 aliphatic heterocycles. The Morgan fingerprint density at radius 1 is 0.606 bits per heavy atom. The van der Waals surface area contributed by atoms with Crippen LogP contribution in [0.3, 0.4) is 0 Å². The van der Waals surface area contributed by atoms with Gasteiger partial charge in [-0.3, -0.25) is 0 Å². The van der Waals surface area contributed by atoms with Gasteiger partial charge in [0.15, 0.2) is 17.5 Å². The molecule has 0 radical (unpaired) electrons. The smallest absolute Gasteiger partial charge is 0.167 e. The number of nitrogens with zero attached hydrogens (tertiary/aromatic N) is 3. The van der Waals surface area contributed by atoms with Crippen LogP contribution in [0.5, 0.6) is 11.5 Å². The molecule has 0 fully saturated rings. The summed E-state index contributed by atoms with van der Waals surface area (Å²) in [5.74, 6) is 1.32. The van der Waals surface area contributed by atoms with Crippen LogP contribution in [0, 0.1) is 27.7 Å². The molecule has 1 heterocycles. The van der Waals surface area contributed by atoms with Gasteiger partial charge < -0.3 is 10.2 Å². The molecule has 5 nitrogen and oxygen atoms in total. The highest BCUT2D eigenvalue weighted by Crippen LogP contribution is 2.36. The van der Waals surface area contributed by atoms with E-state index in [1.807, 2.05) is 65.0 Å². The quantitative estimate of drug-likeness (QED) is 0.378. The van der Waals surface area contributed by atoms with E-state index in [4.69, 9.17) is 15.0 Å². The molecule has 0 amide bonds. The fourth-order valence-electron chi connectivity index (χ4n) is 3.95. The Morgan fingerprint density at radius 3 is 1.55 bits per heavy atom.